The van der Waals surface area contributed by atoms with Crippen LogP contribution in [0.5, 0.6) is 5.75 Å². The van der Waals surface area contributed by atoms with Crippen molar-refractivity contribution in [3.05, 3.63) is 102 Å². The van der Waals surface area contributed by atoms with Gasteiger partial charge in [0.25, 0.3) is 0 Å². The first-order chi connectivity index (χ1) is 12.1. The van der Waals surface area contributed by atoms with Crippen molar-refractivity contribution in [3.63, 3.8) is 0 Å². The van der Waals surface area contributed by atoms with E-state index in [0.717, 1.165) is 23.3 Å². The van der Waals surface area contributed by atoms with E-state index in [9.17, 15) is 5.11 Å². The molecule has 0 heterocycles. The fourth-order valence-electron chi connectivity index (χ4n) is 2.47. The molecule has 0 unspecified atom stereocenters. The summed E-state index contributed by atoms with van der Waals surface area (Å²) in [5.74, 6) is 0.247. The van der Waals surface area contributed by atoms with Crippen LogP contribution in [0.1, 0.15) is 31.4 Å². The van der Waals surface area contributed by atoms with Gasteiger partial charge >= 0.3 is 0 Å². The average Bonchev–Trinajstić information content (AvgIpc) is 2.65. The van der Waals surface area contributed by atoms with Crippen LogP contribution >= 0.6 is 0 Å². The number of allylic oxidation sites excluding steroid dienone is 7. The Kier molecular flexibility index (Phi) is 6.85. The van der Waals surface area contributed by atoms with Crippen molar-refractivity contribution in [2.24, 2.45) is 5.73 Å². The van der Waals surface area contributed by atoms with Crippen LogP contribution in [0.2, 0.25) is 0 Å². The number of rotatable bonds is 6. The topological polar surface area (TPSA) is 46.2 Å². The number of hydrogen-bond donors (Lipinski definition) is 2. The quantitative estimate of drug-likeness (QED) is 0.668. The van der Waals surface area contributed by atoms with Crippen molar-refractivity contribution in [3.8, 4) is 5.75 Å². The van der Waals surface area contributed by atoms with Crippen molar-refractivity contribution in [1.29, 1.82) is 0 Å². The second kappa shape index (κ2) is 9.33. The van der Waals surface area contributed by atoms with Gasteiger partial charge in [0.2, 0.25) is 0 Å². The molecule has 0 aliphatic rings. The third-order valence-corrected chi connectivity index (χ3v) is 3.93. The number of benzene rings is 2. The predicted octanol–water partition coefficient (Wildman–Crippen LogP) is 5.69. The lowest BCUT2D eigenvalue weighted by molar-refractivity contribution is 0.475. The van der Waals surface area contributed by atoms with Gasteiger partial charge in [-0.05, 0) is 66.8 Å². The van der Waals surface area contributed by atoms with Gasteiger partial charge in [-0.1, -0.05) is 60.7 Å². The van der Waals surface area contributed by atoms with Gasteiger partial charge in [0.15, 0.2) is 0 Å². The Balaban J connectivity index is 2.10. The van der Waals surface area contributed by atoms with Gasteiger partial charge in [-0.15, -0.1) is 0 Å². The molecule has 2 nitrogen and oxygen atoms in total. The standard InChI is InChI=1S/C23H25NO/c1-3-9-19(20-11-5-4-6-12-20)13-8-7-10-18(2)23(24)21-14-16-22(25)17-15-21/h3-9,11-17,25H,10,24H2,1-2H3/b8-7+,9-3-,19-13+,23-18+. The van der Waals surface area contributed by atoms with Crippen LogP contribution in [0.3, 0.4) is 0 Å². The molecule has 0 saturated heterocycles. The molecule has 0 fully saturated rings. The first kappa shape index (κ1) is 18.3. The molecule has 0 aliphatic heterocycles. The first-order valence-electron chi connectivity index (χ1n) is 8.41. The van der Waals surface area contributed by atoms with Crippen LogP contribution in [0, 0.1) is 0 Å². The molecule has 0 radical (unpaired) electrons. The maximum atomic E-state index is 9.36. The SMILES string of the molecule is C\C=C/C(=C\C=C\C/C(C)=C(/N)c1ccc(O)cc1)c1ccccc1. The zero-order chi connectivity index (χ0) is 18.1. The molecule has 0 saturated carbocycles. The summed E-state index contributed by atoms with van der Waals surface area (Å²) in [6.07, 6.45) is 11.2. The molecule has 0 atom stereocenters. The number of nitrogens with two attached hydrogens (primary N) is 1. The minimum atomic E-state index is 0.247. The Morgan fingerprint density at radius 3 is 2.32 bits per heavy atom. The molecule has 0 amide bonds. The van der Waals surface area contributed by atoms with E-state index in [1.807, 2.05) is 50.3 Å². The van der Waals surface area contributed by atoms with Gasteiger partial charge in [-0.3, -0.25) is 0 Å². The third kappa shape index (κ3) is 5.54. The molecular weight excluding hydrogens is 306 g/mol. The molecule has 0 bridgehead atoms. The Hall–Kier alpha value is -3.00. The predicted molar refractivity (Wildman–Crippen MR) is 108 cm³/mol. The van der Waals surface area contributed by atoms with Crippen molar-refractivity contribution < 1.29 is 5.11 Å². The van der Waals surface area contributed by atoms with Crippen LogP contribution in [0.25, 0.3) is 11.3 Å². The number of phenolic OH excluding ortho intramolecular Hbond substituents is 1. The van der Waals surface area contributed by atoms with Crippen molar-refractivity contribution in [2.45, 2.75) is 20.3 Å². The zero-order valence-corrected chi connectivity index (χ0v) is 14.8. The van der Waals surface area contributed by atoms with Crippen molar-refractivity contribution in [1.82, 2.24) is 0 Å². The highest BCUT2D eigenvalue weighted by atomic mass is 16.3. The number of phenols is 1. The second-order valence-electron chi connectivity index (χ2n) is 5.86. The highest BCUT2D eigenvalue weighted by molar-refractivity contribution is 5.75. The molecular formula is C23H25NO. The minimum Gasteiger partial charge on any atom is -0.508 e. The van der Waals surface area contributed by atoms with Gasteiger partial charge in [-0.25, -0.2) is 0 Å². The first-order valence-corrected chi connectivity index (χ1v) is 8.41. The molecule has 3 N–H and O–H groups in total. The summed E-state index contributed by atoms with van der Waals surface area (Å²) in [4.78, 5) is 0. The fraction of sp³-hybridized carbons (Fsp3) is 0.130. The Bertz CT molecular complexity index is 794. The molecule has 2 heteroatoms. The Morgan fingerprint density at radius 1 is 1.00 bits per heavy atom. The van der Waals surface area contributed by atoms with E-state index in [0.29, 0.717) is 0 Å². The maximum Gasteiger partial charge on any atom is 0.115 e. The van der Waals surface area contributed by atoms with Crippen molar-refractivity contribution in [2.75, 3.05) is 0 Å². The van der Waals surface area contributed by atoms with Crippen LogP contribution in [0.15, 0.2) is 90.6 Å². The minimum absolute atomic E-state index is 0.247. The molecule has 2 aromatic carbocycles. The zero-order valence-electron chi connectivity index (χ0n) is 14.8. The van der Waals surface area contributed by atoms with E-state index in [1.165, 1.54) is 11.1 Å². The van der Waals surface area contributed by atoms with Crippen molar-refractivity contribution >= 4 is 11.3 Å². The summed E-state index contributed by atoms with van der Waals surface area (Å²) in [6, 6.07) is 17.3. The van der Waals surface area contributed by atoms with Gasteiger partial charge in [0.1, 0.15) is 5.75 Å². The van der Waals surface area contributed by atoms with E-state index >= 15 is 0 Å². The highest BCUT2D eigenvalue weighted by Crippen LogP contribution is 2.19. The van der Waals surface area contributed by atoms with Gasteiger partial charge in [0.05, 0.1) is 0 Å². The van der Waals surface area contributed by atoms with Gasteiger partial charge in [-0.2, -0.15) is 0 Å². The largest absolute Gasteiger partial charge is 0.508 e. The van der Waals surface area contributed by atoms with Crippen LogP contribution in [0.4, 0.5) is 0 Å². The Labute approximate surface area is 150 Å². The molecule has 2 aromatic rings. The summed E-state index contributed by atoms with van der Waals surface area (Å²) in [5, 5.41) is 9.36. The lowest BCUT2D eigenvalue weighted by Crippen LogP contribution is -1.99. The molecule has 25 heavy (non-hydrogen) atoms. The monoisotopic (exact) mass is 331 g/mol. The smallest absolute Gasteiger partial charge is 0.115 e. The average molecular weight is 331 g/mol. The lowest BCUT2D eigenvalue weighted by Gasteiger charge is -2.06. The van der Waals surface area contributed by atoms with E-state index in [2.05, 4.69) is 36.4 Å². The fourth-order valence-corrected chi connectivity index (χ4v) is 2.47. The van der Waals surface area contributed by atoms with E-state index in [-0.39, 0.29) is 5.75 Å². The summed E-state index contributed by atoms with van der Waals surface area (Å²) in [6.45, 7) is 4.05. The third-order valence-electron chi connectivity index (χ3n) is 3.93. The molecule has 128 valence electrons. The van der Waals surface area contributed by atoms with Gasteiger partial charge in [0, 0.05) is 5.70 Å². The van der Waals surface area contributed by atoms with Crippen LogP contribution in [-0.4, -0.2) is 5.11 Å². The molecule has 0 aromatic heterocycles. The molecule has 2 rings (SSSR count). The normalized spacial score (nSPS) is 13.4. The second-order valence-corrected chi connectivity index (χ2v) is 5.86. The summed E-state index contributed by atoms with van der Waals surface area (Å²) >= 11 is 0. The summed E-state index contributed by atoms with van der Waals surface area (Å²) < 4.78 is 0. The molecule has 0 aliphatic carbocycles. The maximum absolute atomic E-state index is 9.36. The van der Waals surface area contributed by atoms with E-state index < -0.39 is 0 Å². The summed E-state index contributed by atoms with van der Waals surface area (Å²) in [5.41, 5.74) is 11.4. The number of hydrogen-bond acceptors (Lipinski definition) is 2. The summed E-state index contributed by atoms with van der Waals surface area (Å²) in [7, 11) is 0. The lowest BCUT2D eigenvalue weighted by atomic mass is 10.0. The number of aromatic hydroxyl groups is 1. The highest BCUT2D eigenvalue weighted by Gasteiger charge is 2.00. The van der Waals surface area contributed by atoms with Crippen LogP contribution in [-0.2, 0) is 0 Å². The van der Waals surface area contributed by atoms with E-state index in [1.54, 1.807) is 12.1 Å². The van der Waals surface area contributed by atoms with Gasteiger partial charge < -0.3 is 10.8 Å². The Morgan fingerprint density at radius 2 is 1.68 bits per heavy atom. The van der Waals surface area contributed by atoms with E-state index in [4.69, 9.17) is 5.73 Å². The molecule has 0 spiro atoms. The van der Waals surface area contributed by atoms with Crippen LogP contribution < -0.4 is 5.73 Å².